The number of aromatic carboxylic acids is 1. The first-order chi connectivity index (χ1) is 13.8. The Bertz CT molecular complexity index is 1140. The Labute approximate surface area is 168 Å². The topological polar surface area (TPSA) is 84.5 Å². The van der Waals surface area contributed by atoms with E-state index < -0.39 is 17.6 Å². The summed E-state index contributed by atoms with van der Waals surface area (Å²) in [6, 6.07) is 11.7. The molecule has 0 fully saturated rings. The van der Waals surface area contributed by atoms with Gasteiger partial charge in [-0.25, -0.2) is 9.59 Å². The van der Waals surface area contributed by atoms with Crippen LogP contribution in [0.5, 0.6) is 0 Å². The van der Waals surface area contributed by atoms with E-state index in [4.69, 9.17) is 0 Å². The smallest absolute Gasteiger partial charge is 0.346 e. The summed E-state index contributed by atoms with van der Waals surface area (Å²) in [5.74, 6) is -1.14. The average Bonchev–Trinajstić information content (AvgIpc) is 2.98. The molecule has 0 aliphatic carbocycles. The fourth-order valence-electron chi connectivity index (χ4n) is 3.54. The van der Waals surface area contributed by atoms with Crippen molar-refractivity contribution < 1.29 is 14.7 Å². The quantitative estimate of drug-likeness (QED) is 0.714. The molecule has 7 nitrogen and oxygen atoms in total. The summed E-state index contributed by atoms with van der Waals surface area (Å²) < 4.78 is 2.52. The fraction of sp³-hybridized carbons (Fsp3) is 0.318. The van der Waals surface area contributed by atoms with E-state index in [1.807, 2.05) is 45.0 Å². The number of carbonyl (C=O) groups excluding carboxylic acids is 1. The number of aromatic nitrogens is 2. The molecule has 0 bridgehead atoms. The summed E-state index contributed by atoms with van der Waals surface area (Å²) in [5.41, 5.74) is 1.81. The molecule has 7 heteroatoms. The van der Waals surface area contributed by atoms with E-state index in [0.29, 0.717) is 6.54 Å². The maximum Gasteiger partial charge on any atom is 0.346 e. The highest BCUT2D eigenvalue weighted by molar-refractivity contribution is 6.02. The highest BCUT2D eigenvalue weighted by Crippen LogP contribution is 2.19. The number of carboxylic acids is 1. The number of carboxylic acid groups (broad SMARTS) is 1. The minimum Gasteiger partial charge on any atom is -0.478 e. The first kappa shape index (κ1) is 20.4. The van der Waals surface area contributed by atoms with Crippen LogP contribution in [-0.2, 0) is 13.1 Å². The van der Waals surface area contributed by atoms with Crippen LogP contribution in [0.4, 0.5) is 4.79 Å². The molecule has 1 heterocycles. The van der Waals surface area contributed by atoms with Gasteiger partial charge in [0.1, 0.15) is 0 Å². The normalized spacial score (nSPS) is 11.2. The van der Waals surface area contributed by atoms with Crippen molar-refractivity contribution in [1.82, 2.24) is 14.3 Å². The monoisotopic (exact) mass is 395 g/mol. The second kappa shape index (κ2) is 7.95. The van der Waals surface area contributed by atoms with Crippen LogP contribution in [0.1, 0.15) is 42.3 Å². The third kappa shape index (κ3) is 3.55. The standard InChI is InChI=1S/C22H25N3O4/c1-5-24-19-17(11-8-12-18(19)21(27)28)20(26)25(24)22(29)23(14(2)3)13-16-10-7-6-9-15(16)4/h6-12,14H,5,13H2,1-4H3,(H,27,28). The highest BCUT2D eigenvalue weighted by atomic mass is 16.4. The lowest BCUT2D eigenvalue weighted by atomic mass is 10.1. The van der Waals surface area contributed by atoms with Crippen molar-refractivity contribution in [3.8, 4) is 0 Å². The van der Waals surface area contributed by atoms with Crippen molar-refractivity contribution in [2.45, 2.75) is 46.8 Å². The maximum absolute atomic E-state index is 13.5. The van der Waals surface area contributed by atoms with E-state index in [-0.39, 0.29) is 29.1 Å². The second-order valence-corrected chi connectivity index (χ2v) is 7.27. The van der Waals surface area contributed by atoms with Gasteiger partial charge in [0.2, 0.25) is 0 Å². The lowest BCUT2D eigenvalue weighted by molar-refractivity contribution is 0.0698. The summed E-state index contributed by atoms with van der Waals surface area (Å²) in [4.78, 5) is 39.8. The Kier molecular flexibility index (Phi) is 5.59. The Balaban J connectivity index is 2.18. The molecular formula is C22H25N3O4. The molecule has 0 spiro atoms. The molecule has 1 amide bonds. The molecule has 0 aliphatic rings. The van der Waals surface area contributed by atoms with Gasteiger partial charge in [0.15, 0.2) is 0 Å². The van der Waals surface area contributed by atoms with Gasteiger partial charge in [0.05, 0.1) is 16.5 Å². The van der Waals surface area contributed by atoms with E-state index in [1.54, 1.807) is 17.9 Å². The van der Waals surface area contributed by atoms with Crippen molar-refractivity contribution in [2.24, 2.45) is 0 Å². The Morgan fingerprint density at radius 2 is 1.79 bits per heavy atom. The van der Waals surface area contributed by atoms with Crippen LogP contribution >= 0.6 is 0 Å². The largest absolute Gasteiger partial charge is 0.478 e. The predicted octanol–water partition coefficient (Wildman–Crippen LogP) is 3.71. The van der Waals surface area contributed by atoms with Gasteiger partial charge >= 0.3 is 12.0 Å². The van der Waals surface area contributed by atoms with Crippen LogP contribution in [0, 0.1) is 6.92 Å². The maximum atomic E-state index is 13.5. The van der Waals surface area contributed by atoms with Crippen molar-refractivity contribution in [1.29, 1.82) is 0 Å². The van der Waals surface area contributed by atoms with Gasteiger partial charge in [0.25, 0.3) is 5.56 Å². The predicted molar refractivity (Wildman–Crippen MR) is 111 cm³/mol. The van der Waals surface area contributed by atoms with E-state index in [2.05, 4.69) is 0 Å². The van der Waals surface area contributed by atoms with Crippen LogP contribution in [0.2, 0.25) is 0 Å². The van der Waals surface area contributed by atoms with Crippen molar-refractivity contribution in [2.75, 3.05) is 0 Å². The number of nitrogens with zero attached hydrogens (tertiary/aromatic N) is 3. The number of fused-ring (bicyclic) bond motifs is 1. The lowest BCUT2D eigenvalue weighted by Gasteiger charge is -2.28. The lowest BCUT2D eigenvalue weighted by Crippen LogP contribution is -2.44. The summed E-state index contributed by atoms with van der Waals surface area (Å²) in [7, 11) is 0. The van der Waals surface area contributed by atoms with Crippen molar-refractivity contribution in [3.05, 3.63) is 69.5 Å². The number of carbonyl (C=O) groups is 2. The minimum atomic E-state index is -1.14. The van der Waals surface area contributed by atoms with Crippen molar-refractivity contribution >= 4 is 22.9 Å². The number of hydrogen-bond acceptors (Lipinski definition) is 3. The van der Waals surface area contributed by atoms with E-state index in [9.17, 15) is 19.5 Å². The number of amides is 1. The molecule has 1 N–H and O–H groups in total. The first-order valence-corrected chi connectivity index (χ1v) is 9.61. The van der Waals surface area contributed by atoms with Crippen LogP contribution in [0.3, 0.4) is 0 Å². The Hall–Kier alpha value is -3.35. The molecule has 0 atom stereocenters. The van der Waals surface area contributed by atoms with Gasteiger partial charge in [0, 0.05) is 19.1 Å². The number of rotatable bonds is 5. The van der Waals surface area contributed by atoms with Crippen LogP contribution in [0.15, 0.2) is 47.3 Å². The molecule has 1 aromatic heterocycles. The van der Waals surface area contributed by atoms with E-state index in [1.165, 1.54) is 16.8 Å². The SMILES string of the molecule is CCn1c2c(C(=O)O)cccc2c(=O)n1C(=O)N(Cc1ccccc1C)C(C)C. The summed E-state index contributed by atoms with van der Waals surface area (Å²) in [6.07, 6.45) is 0. The van der Waals surface area contributed by atoms with E-state index in [0.717, 1.165) is 15.8 Å². The molecule has 29 heavy (non-hydrogen) atoms. The molecule has 3 aromatic rings. The zero-order chi connectivity index (χ0) is 21.3. The Morgan fingerprint density at radius 1 is 1.10 bits per heavy atom. The summed E-state index contributed by atoms with van der Waals surface area (Å²) in [6.45, 7) is 8.18. The van der Waals surface area contributed by atoms with Gasteiger partial charge in [-0.3, -0.25) is 9.48 Å². The zero-order valence-electron chi connectivity index (χ0n) is 17.0. The summed E-state index contributed by atoms with van der Waals surface area (Å²) >= 11 is 0. The molecule has 3 rings (SSSR count). The molecule has 0 radical (unpaired) electrons. The number of benzene rings is 2. The van der Waals surface area contributed by atoms with Gasteiger partial charge in [-0.1, -0.05) is 30.3 Å². The van der Waals surface area contributed by atoms with Crippen LogP contribution < -0.4 is 5.56 Å². The number of para-hydroxylation sites is 1. The molecule has 0 saturated carbocycles. The third-order valence-electron chi connectivity index (χ3n) is 5.14. The molecule has 0 unspecified atom stereocenters. The summed E-state index contributed by atoms with van der Waals surface area (Å²) in [5, 5.41) is 9.77. The van der Waals surface area contributed by atoms with Gasteiger partial charge < -0.3 is 10.0 Å². The third-order valence-corrected chi connectivity index (χ3v) is 5.14. The van der Waals surface area contributed by atoms with Gasteiger partial charge in [-0.05, 0) is 51.0 Å². The molecule has 152 valence electrons. The van der Waals surface area contributed by atoms with Crippen LogP contribution in [-0.4, -0.2) is 37.4 Å². The second-order valence-electron chi connectivity index (χ2n) is 7.27. The van der Waals surface area contributed by atoms with Gasteiger partial charge in [-0.15, -0.1) is 0 Å². The van der Waals surface area contributed by atoms with Crippen LogP contribution in [0.25, 0.3) is 10.9 Å². The van der Waals surface area contributed by atoms with Crippen molar-refractivity contribution in [3.63, 3.8) is 0 Å². The Morgan fingerprint density at radius 3 is 2.38 bits per heavy atom. The van der Waals surface area contributed by atoms with Gasteiger partial charge in [-0.2, -0.15) is 4.68 Å². The molecule has 0 aliphatic heterocycles. The minimum absolute atomic E-state index is 0.00278. The number of aryl methyl sites for hydroxylation is 2. The average molecular weight is 395 g/mol. The fourth-order valence-corrected chi connectivity index (χ4v) is 3.54. The van der Waals surface area contributed by atoms with E-state index >= 15 is 0 Å². The highest BCUT2D eigenvalue weighted by Gasteiger charge is 2.27. The number of hydrogen-bond donors (Lipinski definition) is 1. The molecular weight excluding hydrogens is 370 g/mol. The first-order valence-electron chi connectivity index (χ1n) is 9.61. The molecule has 2 aromatic carbocycles. The zero-order valence-corrected chi connectivity index (χ0v) is 17.0. The molecule has 0 saturated heterocycles.